The molecular formula is C33H34N4O3. The largest absolute Gasteiger partial charge is 0.491 e. The highest BCUT2D eigenvalue weighted by molar-refractivity contribution is 5.91. The molecule has 0 radical (unpaired) electrons. The summed E-state index contributed by atoms with van der Waals surface area (Å²) < 4.78 is 7.60. The van der Waals surface area contributed by atoms with Gasteiger partial charge in [0.25, 0.3) is 0 Å². The number of rotatable bonds is 13. The summed E-state index contributed by atoms with van der Waals surface area (Å²) in [6, 6.07) is 32.0. The number of hydrogen-bond acceptors (Lipinski definition) is 5. The second-order valence-electron chi connectivity index (χ2n) is 9.81. The van der Waals surface area contributed by atoms with Crippen LogP contribution in [0.2, 0.25) is 0 Å². The van der Waals surface area contributed by atoms with Gasteiger partial charge in [-0.2, -0.15) is 0 Å². The zero-order valence-corrected chi connectivity index (χ0v) is 22.4. The van der Waals surface area contributed by atoms with Gasteiger partial charge in [0.2, 0.25) is 5.91 Å². The molecule has 0 aliphatic heterocycles. The molecule has 0 aliphatic rings. The molecule has 5 rings (SSSR count). The van der Waals surface area contributed by atoms with E-state index in [4.69, 9.17) is 4.74 Å². The second kappa shape index (κ2) is 13.6. The smallest absolute Gasteiger partial charge is 0.231 e. The monoisotopic (exact) mass is 534 g/mol. The number of para-hydroxylation sites is 1. The topological polar surface area (TPSA) is 88.4 Å². The van der Waals surface area contributed by atoms with E-state index >= 15 is 0 Å². The third-order valence-corrected chi connectivity index (χ3v) is 6.68. The molecule has 1 heterocycles. The van der Waals surface area contributed by atoms with Crippen LogP contribution < -0.4 is 15.4 Å². The third-order valence-electron chi connectivity index (χ3n) is 6.68. The molecule has 204 valence electrons. The Kier molecular flexibility index (Phi) is 9.19. The van der Waals surface area contributed by atoms with E-state index in [0.717, 1.165) is 35.8 Å². The van der Waals surface area contributed by atoms with E-state index < -0.39 is 6.10 Å². The lowest BCUT2D eigenvalue weighted by atomic mass is 10.1. The molecule has 0 aliphatic carbocycles. The van der Waals surface area contributed by atoms with Crippen molar-refractivity contribution in [1.82, 2.24) is 14.9 Å². The zero-order chi connectivity index (χ0) is 27.6. The van der Waals surface area contributed by atoms with Gasteiger partial charge in [0.05, 0.1) is 6.42 Å². The second-order valence-corrected chi connectivity index (χ2v) is 9.81. The maximum Gasteiger partial charge on any atom is 0.231 e. The van der Waals surface area contributed by atoms with Gasteiger partial charge in [0.15, 0.2) is 0 Å². The predicted octanol–water partition coefficient (Wildman–Crippen LogP) is 4.84. The average molecular weight is 535 g/mol. The Balaban J connectivity index is 1.04. The average Bonchev–Trinajstić information content (AvgIpc) is 3.41. The molecule has 0 saturated carbocycles. The lowest BCUT2D eigenvalue weighted by molar-refractivity contribution is -0.115. The number of nitrogens with one attached hydrogen (secondary N) is 2. The van der Waals surface area contributed by atoms with Crippen LogP contribution in [0.1, 0.15) is 17.0 Å². The van der Waals surface area contributed by atoms with Crippen molar-refractivity contribution in [2.45, 2.75) is 25.5 Å². The summed E-state index contributed by atoms with van der Waals surface area (Å²) in [4.78, 5) is 17.2. The first kappa shape index (κ1) is 27.1. The Morgan fingerprint density at radius 3 is 2.48 bits per heavy atom. The van der Waals surface area contributed by atoms with Crippen LogP contribution >= 0.6 is 0 Å². The lowest BCUT2D eigenvalue weighted by Crippen LogP contribution is -2.32. The number of carbonyl (C=O) groups excluding carboxylic acids is 1. The van der Waals surface area contributed by atoms with Gasteiger partial charge < -0.3 is 25.0 Å². The molecule has 1 amide bonds. The SMILES string of the molecule is O=C(Cc1nccn1Cc1ccc2ccccc2c1)Nc1ccc(CCNC[C@H](O)COc2ccccc2)cc1. The van der Waals surface area contributed by atoms with Crippen LogP contribution in [0.4, 0.5) is 5.69 Å². The van der Waals surface area contributed by atoms with Crippen molar-refractivity contribution in [1.29, 1.82) is 0 Å². The van der Waals surface area contributed by atoms with Crippen LogP contribution in [0.5, 0.6) is 5.75 Å². The molecule has 0 fully saturated rings. The molecule has 5 aromatic rings. The molecule has 0 saturated heterocycles. The summed E-state index contributed by atoms with van der Waals surface area (Å²) in [5.41, 5.74) is 3.06. The standard InChI is InChI=1S/C33H34N4O3/c38-30(24-40-31-8-2-1-3-9-31)22-34-17-16-25-11-14-29(15-12-25)36-33(39)21-32-35-18-19-37(32)23-26-10-13-27-6-4-5-7-28(27)20-26/h1-15,18-20,30,34,38H,16-17,21-24H2,(H,36,39)/t30-/m0/s1. The van der Waals surface area contributed by atoms with Crippen LogP contribution in [-0.2, 0) is 24.2 Å². The van der Waals surface area contributed by atoms with E-state index in [1.54, 1.807) is 6.20 Å². The van der Waals surface area contributed by atoms with E-state index in [2.05, 4.69) is 45.9 Å². The molecule has 0 spiro atoms. The number of amides is 1. The Hall–Kier alpha value is -4.46. The highest BCUT2D eigenvalue weighted by atomic mass is 16.5. The molecule has 1 aromatic heterocycles. The van der Waals surface area contributed by atoms with Gasteiger partial charge in [-0.1, -0.05) is 66.7 Å². The Bertz CT molecular complexity index is 1520. The number of nitrogens with zero attached hydrogens (tertiary/aromatic N) is 2. The molecule has 0 bridgehead atoms. The summed E-state index contributed by atoms with van der Waals surface area (Å²) >= 11 is 0. The number of fused-ring (bicyclic) bond motifs is 1. The fraction of sp³-hybridized carbons (Fsp3) is 0.212. The third kappa shape index (κ3) is 7.79. The number of aromatic nitrogens is 2. The maximum atomic E-state index is 12.8. The van der Waals surface area contributed by atoms with Crippen molar-refractivity contribution >= 4 is 22.4 Å². The normalized spacial score (nSPS) is 11.8. The van der Waals surface area contributed by atoms with Crippen LogP contribution in [-0.4, -0.2) is 46.4 Å². The van der Waals surface area contributed by atoms with Gasteiger partial charge in [-0.05, 0) is 65.2 Å². The first-order valence-electron chi connectivity index (χ1n) is 13.6. The highest BCUT2D eigenvalue weighted by Gasteiger charge is 2.11. The number of ether oxygens (including phenoxy) is 1. The summed E-state index contributed by atoms with van der Waals surface area (Å²) in [6.45, 7) is 2.09. The molecule has 0 unspecified atom stereocenters. The van der Waals surface area contributed by atoms with Gasteiger partial charge in [-0.3, -0.25) is 4.79 Å². The molecule has 1 atom stereocenters. The van der Waals surface area contributed by atoms with Crippen molar-refractivity contribution in [3.63, 3.8) is 0 Å². The Morgan fingerprint density at radius 2 is 1.65 bits per heavy atom. The lowest BCUT2D eigenvalue weighted by Gasteiger charge is -2.13. The summed E-state index contributed by atoms with van der Waals surface area (Å²) in [7, 11) is 0. The van der Waals surface area contributed by atoms with Gasteiger partial charge in [0, 0.05) is 31.2 Å². The minimum Gasteiger partial charge on any atom is -0.491 e. The van der Waals surface area contributed by atoms with Gasteiger partial charge in [-0.25, -0.2) is 4.98 Å². The summed E-state index contributed by atoms with van der Waals surface area (Å²) in [6.07, 6.45) is 4.08. The Morgan fingerprint density at radius 1 is 0.900 bits per heavy atom. The zero-order valence-electron chi connectivity index (χ0n) is 22.4. The number of carbonyl (C=O) groups is 1. The van der Waals surface area contributed by atoms with Crippen molar-refractivity contribution in [3.8, 4) is 5.75 Å². The van der Waals surface area contributed by atoms with Crippen molar-refractivity contribution in [3.05, 3.63) is 126 Å². The van der Waals surface area contributed by atoms with Crippen LogP contribution in [0.25, 0.3) is 10.8 Å². The van der Waals surface area contributed by atoms with Crippen LogP contribution in [0.3, 0.4) is 0 Å². The van der Waals surface area contributed by atoms with Gasteiger partial charge >= 0.3 is 0 Å². The summed E-state index contributed by atoms with van der Waals surface area (Å²) in [5.74, 6) is 1.37. The maximum absolute atomic E-state index is 12.8. The minimum absolute atomic E-state index is 0.105. The molecule has 3 N–H and O–H groups in total. The van der Waals surface area contributed by atoms with Crippen LogP contribution in [0.15, 0.2) is 109 Å². The minimum atomic E-state index is -0.582. The Labute approximate surface area is 234 Å². The first-order valence-corrected chi connectivity index (χ1v) is 13.6. The number of anilines is 1. The molecule has 7 heteroatoms. The fourth-order valence-electron chi connectivity index (χ4n) is 4.56. The van der Waals surface area contributed by atoms with Crippen molar-refractivity contribution in [2.24, 2.45) is 0 Å². The molecule has 7 nitrogen and oxygen atoms in total. The van der Waals surface area contributed by atoms with E-state index in [1.807, 2.05) is 77.5 Å². The summed E-state index contributed by atoms with van der Waals surface area (Å²) in [5, 5.41) is 18.8. The molecule has 40 heavy (non-hydrogen) atoms. The molecular weight excluding hydrogens is 500 g/mol. The highest BCUT2D eigenvalue weighted by Crippen LogP contribution is 2.17. The van der Waals surface area contributed by atoms with Crippen molar-refractivity contribution in [2.75, 3.05) is 25.0 Å². The van der Waals surface area contributed by atoms with E-state index in [1.165, 1.54) is 16.3 Å². The van der Waals surface area contributed by atoms with Crippen molar-refractivity contribution < 1.29 is 14.6 Å². The van der Waals surface area contributed by atoms with E-state index in [-0.39, 0.29) is 18.9 Å². The molecule has 4 aromatic carbocycles. The van der Waals surface area contributed by atoms with E-state index in [0.29, 0.717) is 13.1 Å². The number of hydrogen-bond donors (Lipinski definition) is 3. The number of aliphatic hydroxyl groups is 1. The first-order chi connectivity index (χ1) is 19.6. The number of imidazole rings is 1. The van der Waals surface area contributed by atoms with E-state index in [9.17, 15) is 9.90 Å². The number of benzene rings is 4. The predicted molar refractivity (Wildman–Crippen MR) is 159 cm³/mol. The quantitative estimate of drug-likeness (QED) is 0.188. The number of aliphatic hydroxyl groups excluding tert-OH is 1. The fourth-order valence-corrected chi connectivity index (χ4v) is 4.56. The van der Waals surface area contributed by atoms with Crippen LogP contribution in [0, 0.1) is 0 Å². The van der Waals surface area contributed by atoms with Gasteiger partial charge in [0.1, 0.15) is 24.3 Å². The van der Waals surface area contributed by atoms with Gasteiger partial charge in [-0.15, -0.1) is 0 Å².